The summed E-state index contributed by atoms with van der Waals surface area (Å²) in [5.41, 5.74) is 0.695. The highest BCUT2D eigenvalue weighted by Gasteiger charge is 2.15. The molecule has 0 saturated carbocycles. The molecule has 0 unspecified atom stereocenters. The number of amides is 1. The van der Waals surface area contributed by atoms with E-state index in [-0.39, 0.29) is 6.61 Å². The van der Waals surface area contributed by atoms with E-state index in [0.717, 1.165) is 23.5 Å². The summed E-state index contributed by atoms with van der Waals surface area (Å²) in [6, 6.07) is 1.63. The quantitative estimate of drug-likeness (QED) is 0.635. The molecule has 1 heterocycles. The lowest BCUT2D eigenvalue weighted by Crippen LogP contribution is -2.07. The molecule has 6 nitrogen and oxygen atoms in total. The number of ether oxygens (including phenoxy) is 1. The molecule has 0 fully saturated rings. The molecule has 0 aliphatic heterocycles. The monoisotopic (exact) mass is 283 g/mol. The number of rotatable bonds is 5. The maximum atomic E-state index is 11.6. The number of aliphatic carboxylic acids is 1. The Bertz CT molecular complexity index is 532. The molecular formula is C12H13NO5S. The molecule has 1 amide bonds. The summed E-state index contributed by atoms with van der Waals surface area (Å²) in [4.78, 5) is 33.6. The van der Waals surface area contributed by atoms with Crippen molar-refractivity contribution in [3.05, 3.63) is 28.7 Å². The van der Waals surface area contributed by atoms with E-state index >= 15 is 0 Å². The molecule has 0 aliphatic carbocycles. The minimum Gasteiger partial charge on any atom is -0.478 e. The largest absolute Gasteiger partial charge is 0.478 e. The number of esters is 1. The zero-order chi connectivity index (χ0) is 14.4. The van der Waals surface area contributed by atoms with E-state index in [1.807, 2.05) is 0 Å². The number of carboxylic acids is 1. The molecule has 0 aromatic carbocycles. The fraction of sp³-hybridized carbons (Fsp3) is 0.250. The lowest BCUT2D eigenvalue weighted by atomic mass is 10.3. The summed E-state index contributed by atoms with van der Waals surface area (Å²) in [6.07, 6.45) is 1.64. The van der Waals surface area contributed by atoms with E-state index < -0.39 is 17.8 Å². The van der Waals surface area contributed by atoms with Crippen LogP contribution in [0.4, 0.5) is 5.00 Å². The van der Waals surface area contributed by atoms with Crippen LogP contribution < -0.4 is 5.32 Å². The van der Waals surface area contributed by atoms with Crippen molar-refractivity contribution in [1.82, 2.24) is 0 Å². The number of carboxylic acid groups (broad SMARTS) is 1. The first-order valence-electron chi connectivity index (χ1n) is 5.43. The topological polar surface area (TPSA) is 92.7 Å². The molecule has 2 N–H and O–H groups in total. The van der Waals surface area contributed by atoms with Gasteiger partial charge < -0.3 is 15.2 Å². The summed E-state index contributed by atoms with van der Waals surface area (Å²) in [5, 5.41) is 11.3. The molecule has 0 spiro atoms. The molecule has 1 aromatic rings. The molecular weight excluding hydrogens is 270 g/mol. The van der Waals surface area contributed by atoms with Crippen LogP contribution >= 0.6 is 11.3 Å². The van der Waals surface area contributed by atoms with Crippen molar-refractivity contribution >= 4 is 34.2 Å². The number of carbonyl (C=O) groups excluding carboxylic acids is 2. The number of anilines is 1. The molecule has 0 atom stereocenters. The molecule has 7 heteroatoms. The van der Waals surface area contributed by atoms with Gasteiger partial charge in [0.05, 0.1) is 11.6 Å². The van der Waals surface area contributed by atoms with Crippen LogP contribution in [0.15, 0.2) is 18.2 Å². The number of nitrogens with one attached hydrogen (secondary N) is 1. The first kappa shape index (κ1) is 14.9. The Morgan fingerprint density at radius 1 is 1.42 bits per heavy atom. The van der Waals surface area contributed by atoms with Crippen molar-refractivity contribution in [2.45, 2.75) is 13.8 Å². The summed E-state index contributed by atoms with van der Waals surface area (Å²) >= 11 is 1.08. The second kappa shape index (κ2) is 6.69. The van der Waals surface area contributed by atoms with Gasteiger partial charge in [0.2, 0.25) is 5.91 Å². The Morgan fingerprint density at radius 3 is 2.68 bits per heavy atom. The van der Waals surface area contributed by atoms with E-state index in [2.05, 4.69) is 5.32 Å². The normalized spacial score (nSPS) is 10.4. The smallest absolute Gasteiger partial charge is 0.348 e. The van der Waals surface area contributed by atoms with Gasteiger partial charge in [-0.3, -0.25) is 4.79 Å². The third-order valence-corrected chi connectivity index (χ3v) is 3.13. The Morgan fingerprint density at radius 2 is 2.11 bits per heavy atom. The fourth-order valence-electron chi connectivity index (χ4n) is 1.25. The number of hydrogen-bond acceptors (Lipinski definition) is 5. The standard InChI is InChI=1S/C12H13NO5S/c1-3-18-12(17)11-7(2)6-9(19-11)13-8(14)4-5-10(15)16/h4-6H,3H2,1-2H3,(H,13,14)(H,15,16)/b5-4+. The van der Waals surface area contributed by atoms with Crippen molar-refractivity contribution in [2.24, 2.45) is 0 Å². The zero-order valence-electron chi connectivity index (χ0n) is 10.4. The zero-order valence-corrected chi connectivity index (χ0v) is 11.2. The van der Waals surface area contributed by atoms with Gasteiger partial charge in [-0.15, -0.1) is 11.3 Å². The van der Waals surface area contributed by atoms with Crippen LogP contribution in [0.3, 0.4) is 0 Å². The van der Waals surface area contributed by atoms with Crippen LogP contribution in [-0.4, -0.2) is 29.6 Å². The first-order valence-corrected chi connectivity index (χ1v) is 6.25. The van der Waals surface area contributed by atoms with Gasteiger partial charge in [0, 0.05) is 12.2 Å². The highest BCUT2D eigenvalue weighted by atomic mass is 32.1. The Kier molecular flexibility index (Phi) is 5.25. The van der Waals surface area contributed by atoms with Gasteiger partial charge in [-0.25, -0.2) is 9.59 Å². The maximum Gasteiger partial charge on any atom is 0.348 e. The van der Waals surface area contributed by atoms with Crippen molar-refractivity contribution in [2.75, 3.05) is 11.9 Å². The Hall–Kier alpha value is -2.15. The van der Waals surface area contributed by atoms with Crippen LogP contribution in [0.2, 0.25) is 0 Å². The Labute approximate surface area is 113 Å². The lowest BCUT2D eigenvalue weighted by Gasteiger charge is -1.99. The predicted molar refractivity (Wildman–Crippen MR) is 70.4 cm³/mol. The van der Waals surface area contributed by atoms with E-state index in [1.54, 1.807) is 19.9 Å². The van der Waals surface area contributed by atoms with Gasteiger partial charge in [-0.2, -0.15) is 0 Å². The number of hydrogen-bond donors (Lipinski definition) is 2. The SMILES string of the molecule is CCOC(=O)c1sc(NC(=O)/C=C/C(=O)O)cc1C. The molecule has 1 rings (SSSR count). The number of carbonyl (C=O) groups is 3. The van der Waals surface area contributed by atoms with Gasteiger partial charge in [0.1, 0.15) is 4.88 Å². The maximum absolute atomic E-state index is 11.6. The van der Waals surface area contributed by atoms with Crippen molar-refractivity contribution in [3.63, 3.8) is 0 Å². The van der Waals surface area contributed by atoms with Crippen LogP contribution in [0.1, 0.15) is 22.2 Å². The Balaban J connectivity index is 2.76. The van der Waals surface area contributed by atoms with Crippen molar-refractivity contribution in [1.29, 1.82) is 0 Å². The highest BCUT2D eigenvalue weighted by Crippen LogP contribution is 2.27. The molecule has 102 valence electrons. The summed E-state index contributed by atoms with van der Waals surface area (Å²) in [6.45, 7) is 3.71. The van der Waals surface area contributed by atoms with Crippen LogP contribution in [0.25, 0.3) is 0 Å². The average Bonchev–Trinajstić information content (AvgIpc) is 2.68. The minimum atomic E-state index is -1.20. The summed E-state index contributed by atoms with van der Waals surface area (Å²) < 4.78 is 4.87. The third kappa shape index (κ3) is 4.55. The van der Waals surface area contributed by atoms with Crippen LogP contribution in [-0.2, 0) is 14.3 Å². The molecule has 19 heavy (non-hydrogen) atoms. The molecule has 0 bridgehead atoms. The van der Waals surface area contributed by atoms with E-state index in [1.165, 1.54) is 0 Å². The van der Waals surface area contributed by atoms with E-state index in [9.17, 15) is 14.4 Å². The minimum absolute atomic E-state index is 0.277. The molecule has 0 saturated heterocycles. The van der Waals surface area contributed by atoms with E-state index in [0.29, 0.717) is 15.4 Å². The second-order valence-corrected chi connectivity index (χ2v) is 4.56. The first-order chi connectivity index (χ1) is 8.93. The fourth-order valence-corrected chi connectivity index (χ4v) is 2.22. The van der Waals surface area contributed by atoms with E-state index in [4.69, 9.17) is 9.84 Å². The molecule has 0 radical (unpaired) electrons. The van der Waals surface area contributed by atoms with Gasteiger partial charge >= 0.3 is 11.9 Å². The number of aryl methyl sites for hydroxylation is 1. The molecule has 0 aliphatic rings. The lowest BCUT2D eigenvalue weighted by molar-refractivity contribution is -0.131. The van der Waals surface area contributed by atoms with Crippen LogP contribution in [0.5, 0.6) is 0 Å². The average molecular weight is 283 g/mol. The summed E-state index contributed by atoms with van der Waals surface area (Å²) in [5.74, 6) is -2.21. The predicted octanol–water partition coefficient (Wildman–Crippen LogP) is 1.81. The molecule has 1 aromatic heterocycles. The number of thiophene rings is 1. The van der Waals surface area contributed by atoms with Crippen molar-refractivity contribution in [3.8, 4) is 0 Å². The van der Waals surface area contributed by atoms with Gasteiger partial charge in [0.25, 0.3) is 0 Å². The van der Waals surface area contributed by atoms with Gasteiger partial charge in [0.15, 0.2) is 0 Å². The van der Waals surface area contributed by atoms with Gasteiger partial charge in [-0.1, -0.05) is 0 Å². The summed E-state index contributed by atoms with van der Waals surface area (Å²) in [7, 11) is 0. The third-order valence-electron chi connectivity index (χ3n) is 2.00. The second-order valence-electron chi connectivity index (χ2n) is 3.50. The highest BCUT2D eigenvalue weighted by molar-refractivity contribution is 7.18. The van der Waals surface area contributed by atoms with Crippen LogP contribution in [0, 0.1) is 6.92 Å². The van der Waals surface area contributed by atoms with Crippen molar-refractivity contribution < 1.29 is 24.2 Å². The van der Waals surface area contributed by atoms with Gasteiger partial charge in [-0.05, 0) is 25.5 Å².